The molecule has 2 aromatic carbocycles. The van der Waals surface area contributed by atoms with E-state index >= 15 is 0 Å². The molecule has 0 aliphatic carbocycles. The quantitative estimate of drug-likeness (QED) is 0.845. The van der Waals surface area contributed by atoms with Crippen LogP contribution in [0.15, 0.2) is 48.5 Å². The summed E-state index contributed by atoms with van der Waals surface area (Å²) in [7, 11) is 0. The van der Waals surface area contributed by atoms with Crippen LogP contribution in [0.3, 0.4) is 0 Å². The van der Waals surface area contributed by atoms with Crippen LogP contribution in [0.5, 0.6) is 5.75 Å². The van der Waals surface area contributed by atoms with Gasteiger partial charge < -0.3 is 15.2 Å². The average molecular weight is 268 g/mol. The second kappa shape index (κ2) is 7.17. The molecule has 102 valence electrons. The first kappa shape index (κ1) is 13.9. The van der Waals surface area contributed by atoms with Gasteiger partial charge in [-0.1, -0.05) is 24.3 Å². The number of rotatable bonds is 6. The Morgan fingerprint density at radius 3 is 2.60 bits per heavy atom. The Labute approximate surface area is 118 Å². The lowest BCUT2D eigenvalue weighted by atomic mass is 10.2. The van der Waals surface area contributed by atoms with Gasteiger partial charge in [0.25, 0.3) is 0 Å². The van der Waals surface area contributed by atoms with E-state index in [1.807, 2.05) is 54.6 Å². The Hall–Kier alpha value is -2.51. The van der Waals surface area contributed by atoms with E-state index in [1.54, 1.807) is 0 Å². The van der Waals surface area contributed by atoms with Gasteiger partial charge in [0.15, 0.2) is 6.61 Å². The summed E-state index contributed by atoms with van der Waals surface area (Å²) < 4.78 is 5.19. The van der Waals surface area contributed by atoms with Crippen molar-refractivity contribution in [2.45, 2.75) is 13.2 Å². The van der Waals surface area contributed by atoms with Gasteiger partial charge in [0.05, 0.1) is 6.61 Å². The van der Waals surface area contributed by atoms with Gasteiger partial charge in [0.1, 0.15) is 11.8 Å². The predicted octanol–water partition coefficient (Wildman–Crippen LogP) is 2.69. The van der Waals surface area contributed by atoms with Gasteiger partial charge in [-0.25, -0.2) is 0 Å². The van der Waals surface area contributed by atoms with Crippen LogP contribution in [0.1, 0.15) is 11.1 Å². The SMILES string of the molecule is N#CCOc1ccc(CNc2cccc(CO)c2)cc1. The van der Waals surface area contributed by atoms with Crippen LogP contribution < -0.4 is 10.1 Å². The van der Waals surface area contributed by atoms with E-state index < -0.39 is 0 Å². The Bertz CT molecular complexity index is 588. The molecule has 2 aromatic rings. The third-order valence-electron chi connectivity index (χ3n) is 2.83. The van der Waals surface area contributed by atoms with Gasteiger partial charge >= 0.3 is 0 Å². The largest absolute Gasteiger partial charge is 0.479 e. The van der Waals surface area contributed by atoms with Crippen LogP contribution in [0.2, 0.25) is 0 Å². The number of benzene rings is 2. The maximum Gasteiger partial charge on any atom is 0.174 e. The van der Waals surface area contributed by atoms with Gasteiger partial charge in [0.2, 0.25) is 0 Å². The molecule has 0 fully saturated rings. The summed E-state index contributed by atoms with van der Waals surface area (Å²) in [6.45, 7) is 0.791. The van der Waals surface area contributed by atoms with E-state index in [1.165, 1.54) is 0 Å². The zero-order valence-corrected chi connectivity index (χ0v) is 11.0. The molecule has 0 radical (unpaired) electrons. The molecule has 0 spiro atoms. The molecule has 4 heteroatoms. The second-order valence-electron chi connectivity index (χ2n) is 4.30. The van der Waals surface area contributed by atoms with Crippen molar-refractivity contribution < 1.29 is 9.84 Å². The number of nitrogens with one attached hydrogen (secondary N) is 1. The molecule has 0 aromatic heterocycles. The first-order valence-corrected chi connectivity index (χ1v) is 6.34. The zero-order chi connectivity index (χ0) is 14.2. The second-order valence-corrected chi connectivity index (χ2v) is 4.30. The van der Waals surface area contributed by atoms with E-state index in [9.17, 15) is 0 Å². The molecule has 0 aliphatic rings. The minimum absolute atomic E-state index is 0.0421. The summed E-state index contributed by atoms with van der Waals surface area (Å²) in [5, 5.41) is 20.8. The highest BCUT2D eigenvalue weighted by atomic mass is 16.5. The molecule has 0 saturated carbocycles. The van der Waals surface area contributed by atoms with Crippen LogP contribution in [-0.4, -0.2) is 11.7 Å². The van der Waals surface area contributed by atoms with Crippen molar-refractivity contribution in [3.8, 4) is 11.8 Å². The first-order valence-electron chi connectivity index (χ1n) is 6.34. The van der Waals surface area contributed by atoms with Crippen molar-refractivity contribution in [1.82, 2.24) is 0 Å². The molecule has 20 heavy (non-hydrogen) atoms. The molecular weight excluding hydrogens is 252 g/mol. The molecule has 0 unspecified atom stereocenters. The summed E-state index contributed by atoms with van der Waals surface area (Å²) in [6, 6.07) is 17.2. The maximum absolute atomic E-state index is 9.08. The fourth-order valence-corrected chi connectivity index (χ4v) is 1.80. The number of aliphatic hydroxyl groups is 1. The van der Waals surface area contributed by atoms with Crippen molar-refractivity contribution in [3.63, 3.8) is 0 Å². The summed E-state index contributed by atoms with van der Waals surface area (Å²) >= 11 is 0. The molecule has 0 saturated heterocycles. The van der Waals surface area contributed by atoms with Crippen LogP contribution in [-0.2, 0) is 13.2 Å². The lowest BCUT2D eigenvalue weighted by molar-refractivity contribution is 0.282. The summed E-state index contributed by atoms with van der Waals surface area (Å²) in [4.78, 5) is 0. The average Bonchev–Trinajstić information content (AvgIpc) is 2.52. The lowest BCUT2D eigenvalue weighted by Gasteiger charge is -2.08. The topological polar surface area (TPSA) is 65.3 Å². The molecule has 4 nitrogen and oxygen atoms in total. The Balaban J connectivity index is 1.91. The van der Waals surface area contributed by atoms with Crippen molar-refractivity contribution in [1.29, 1.82) is 5.26 Å². The fourth-order valence-electron chi connectivity index (χ4n) is 1.80. The van der Waals surface area contributed by atoms with Crippen LogP contribution in [0.4, 0.5) is 5.69 Å². The van der Waals surface area contributed by atoms with Crippen LogP contribution in [0, 0.1) is 11.3 Å². The number of ether oxygens (including phenoxy) is 1. The zero-order valence-electron chi connectivity index (χ0n) is 11.0. The van der Waals surface area contributed by atoms with Crippen molar-refractivity contribution in [2.24, 2.45) is 0 Å². The predicted molar refractivity (Wildman–Crippen MR) is 77.2 cm³/mol. The Morgan fingerprint density at radius 1 is 1.10 bits per heavy atom. The number of hydrogen-bond donors (Lipinski definition) is 2. The highest BCUT2D eigenvalue weighted by molar-refractivity contribution is 5.46. The highest BCUT2D eigenvalue weighted by Gasteiger charge is 1.97. The molecule has 2 N–H and O–H groups in total. The number of nitriles is 1. The van der Waals surface area contributed by atoms with E-state index in [4.69, 9.17) is 15.1 Å². The number of anilines is 1. The maximum atomic E-state index is 9.08. The lowest BCUT2D eigenvalue weighted by Crippen LogP contribution is -2.00. The minimum atomic E-state index is 0.0421. The smallest absolute Gasteiger partial charge is 0.174 e. The summed E-state index contributed by atoms with van der Waals surface area (Å²) in [6.07, 6.45) is 0. The monoisotopic (exact) mass is 268 g/mol. The third kappa shape index (κ3) is 4.01. The molecule has 2 rings (SSSR count). The third-order valence-corrected chi connectivity index (χ3v) is 2.83. The van der Waals surface area contributed by atoms with Gasteiger partial charge in [0, 0.05) is 12.2 Å². The van der Waals surface area contributed by atoms with E-state index in [-0.39, 0.29) is 13.2 Å². The van der Waals surface area contributed by atoms with Gasteiger partial charge in [-0.2, -0.15) is 5.26 Å². The van der Waals surface area contributed by atoms with E-state index in [0.29, 0.717) is 12.3 Å². The summed E-state index contributed by atoms with van der Waals surface area (Å²) in [5.41, 5.74) is 2.97. The van der Waals surface area contributed by atoms with E-state index in [2.05, 4.69) is 5.32 Å². The van der Waals surface area contributed by atoms with Crippen LogP contribution >= 0.6 is 0 Å². The molecule has 0 bridgehead atoms. The fraction of sp³-hybridized carbons (Fsp3) is 0.188. The number of nitrogens with zero attached hydrogens (tertiary/aromatic N) is 1. The highest BCUT2D eigenvalue weighted by Crippen LogP contribution is 2.15. The van der Waals surface area contributed by atoms with Crippen molar-refractivity contribution in [3.05, 3.63) is 59.7 Å². The summed E-state index contributed by atoms with van der Waals surface area (Å²) in [5.74, 6) is 0.692. The van der Waals surface area contributed by atoms with Crippen molar-refractivity contribution >= 4 is 5.69 Å². The number of hydrogen-bond acceptors (Lipinski definition) is 4. The molecule has 0 heterocycles. The van der Waals surface area contributed by atoms with Gasteiger partial charge in [-0.05, 0) is 35.4 Å². The van der Waals surface area contributed by atoms with Gasteiger partial charge in [-0.3, -0.25) is 0 Å². The number of aliphatic hydroxyl groups excluding tert-OH is 1. The van der Waals surface area contributed by atoms with Gasteiger partial charge in [-0.15, -0.1) is 0 Å². The van der Waals surface area contributed by atoms with Crippen LogP contribution in [0.25, 0.3) is 0 Å². The minimum Gasteiger partial charge on any atom is -0.479 e. The van der Waals surface area contributed by atoms with E-state index in [0.717, 1.165) is 16.8 Å². The van der Waals surface area contributed by atoms with Crippen molar-refractivity contribution in [2.75, 3.05) is 11.9 Å². The normalized spacial score (nSPS) is 9.80. The molecule has 0 atom stereocenters. The molecule has 0 amide bonds. The Kier molecular flexibility index (Phi) is 4.99. The first-order chi connectivity index (χ1) is 9.81. The molecular formula is C16H16N2O2. The Morgan fingerprint density at radius 2 is 1.90 bits per heavy atom. The standard InChI is InChI=1S/C16H16N2O2/c17-8-9-20-16-6-4-13(5-7-16)11-18-15-3-1-2-14(10-15)12-19/h1-7,10,18-19H,9,11-12H2. The molecule has 0 aliphatic heterocycles.